The minimum atomic E-state index is -0.607. The van der Waals surface area contributed by atoms with Gasteiger partial charge >= 0.3 is 6.03 Å². The van der Waals surface area contributed by atoms with Gasteiger partial charge in [-0.15, -0.1) is 11.3 Å². The molecule has 19 heavy (non-hydrogen) atoms. The zero-order valence-electron chi connectivity index (χ0n) is 10.4. The van der Waals surface area contributed by atoms with E-state index in [1.807, 2.05) is 11.4 Å². The van der Waals surface area contributed by atoms with Crippen LogP contribution < -0.4 is 5.32 Å². The van der Waals surface area contributed by atoms with Gasteiger partial charge in [0.05, 0.1) is 6.54 Å². The molecule has 0 unspecified atom stereocenters. The van der Waals surface area contributed by atoms with Crippen molar-refractivity contribution < 1.29 is 9.59 Å². The molecule has 4 nitrogen and oxygen atoms in total. The minimum absolute atomic E-state index is 0.0401. The predicted octanol–water partition coefficient (Wildman–Crippen LogP) is 3.27. The normalized spacial score (nSPS) is 22.1. The molecular formula is C13H15BrN2O2S. The highest BCUT2D eigenvalue weighted by molar-refractivity contribution is 9.10. The van der Waals surface area contributed by atoms with E-state index in [0.717, 1.165) is 41.5 Å². The summed E-state index contributed by atoms with van der Waals surface area (Å²) in [5.74, 6) is -0.0401. The molecule has 2 heterocycles. The van der Waals surface area contributed by atoms with Crippen molar-refractivity contribution in [3.05, 3.63) is 20.8 Å². The SMILES string of the molecule is O=C1NC2(CCCCC2)C(=O)N1Cc1cc(Br)cs1. The fourth-order valence-corrected chi connectivity index (χ4v) is 4.35. The number of amides is 3. The van der Waals surface area contributed by atoms with Crippen LogP contribution in [0, 0.1) is 0 Å². The zero-order chi connectivity index (χ0) is 13.5. The standard InChI is InChI=1S/C13H15BrN2O2S/c14-9-6-10(19-8-9)7-16-11(17)13(15-12(16)18)4-2-1-3-5-13/h6,8H,1-5,7H2,(H,15,18). The van der Waals surface area contributed by atoms with E-state index in [2.05, 4.69) is 21.2 Å². The maximum atomic E-state index is 12.5. The van der Waals surface area contributed by atoms with E-state index in [-0.39, 0.29) is 11.9 Å². The molecule has 1 aromatic heterocycles. The largest absolute Gasteiger partial charge is 0.325 e. The summed E-state index contributed by atoms with van der Waals surface area (Å²) < 4.78 is 0.993. The summed E-state index contributed by atoms with van der Waals surface area (Å²) in [5, 5.41) is 4.89. The van der Waals surface area contributed by atoms with E-state index in [4.69, 9.17) is 0 Å². The lowest BCUT2D eigenvalue weighted by atomic mass is 9.82. The van der Waals surface area contributed by atoms with Crippen molar-refractivity contribution in [2.45, 2.75) is 44.2 Å². The highest BCUT2D eigenvalue weighted by Crippen LogP contribution is 2.34. The van der Waals surface area contributed by atoms with E-state index in [0.29, 0.717) is 6.54 Å². The van der Waals surface area contributed by atoms with Crippen molar-refractivity contribution in [1.82, 2.24) is 10.2 Å². The van der Waals surface area contributed by atoms with Crippen molar-refractivity contribution in [3.63, 3.8) is 0 Å². The van der Waals surface area contributed by atoms with E-state index in [1.165, 1.54) is 4.90 Å². The summed E-state index contributed by atoms with van der Waals surface area (Å²) in [6.45, 7) is 0.378. The molecule has 0 atom stereocenters. The van der Waals surface area contributed by atoms with E-state index >= 15 is 0 Å². The molecule has 1 aromatic rings. The molecular weight excluding hydrogens is 328 g/mol. The maximum absolute atomic E-state index is 12.5. The van der Waals surface area contributed by atoms with Gasteiger partial charge in [0.15, 0.2) is 0 Å². The first kappa shape index (κ1) is 13.1. The van der Waals surface area contributed by atoms with Gasteiger partial charge in [-0.25, -0.2) is 4.79 Å². The number of nitrogens with zero attached hydrogens (tertiary/aromatic N) is 1. The summed E-state index contributed by atoms with van der Waals surface area (Å²) in [4.78, 5) is 27.0. The molecule has 0 bridgehead atoms. The number of imide groups is 1. The Bertz CT molecular complexity index is 522. The smallest absolute Gasteiger partial charge is 0.323 e. The highest BCUT2D eigenvalue weighted by atomic mass is 79.9. The van der Waals surface area contributed by atoms with Gasteiger partial charge in [-0.1, -0.05) is 19.3 Å². The van der Waals surface area contributed by atoms with Gasteiger partial charge < -0.3 is 5.32 Å². The van der Waals surface area contributed by atoms with Crippen LogP contribution in [0.5, 0.6) is 0 Å². The summed E-state index contributed by atoms with van der Waals surface area (Å²) in [7, 11) is 0. The van der Waals surface area contributed by atoms with Crippen molar-refractivity contribution in [1.29, 1.82) is 0 Å². The molecule has 2 aliphatic rings. The van der Waals surface area contributed by atoms with Crippen LogP contribution in [-0.2, 0) is 11.3 Å². The van der Waals surface area contributed by atoms with Crippen molar-refractivity contribution in [3.8, 4) is 0 Å². The Balaban J connectivity index is 1.79. The number of carbonyl (C=O) groups is 2. The Kier molecular flexibility index (Phi) is 3.39. The van der Waals surface area contributed by atoms with Gasteiger partial charge in [-0.3, -0.25) is 9.69 Å². The van der Waals surface area contributed by atoms with Gasteiger partial charge in [0.25, 0.3) is 5.91 Å². The number of nitrogens with one attached hydrogen (secondary N) is 1. The van der Waals surface area contributed by atoms with Crippen LogP contribution in [0.1, 0.15) is 37.0 Å². The van der Waals surface area contributed by atoms with Crippen LogP contribution in [0.15, 0.2) is 15.9 Å². The fourth-order valence-electron chi connectivity index (χ4n) is 2.91. The predicted molar refractivity (Wildman–Crippen MR) is 76.9 cm³/mol. The third kappa shape index (κ3) is 2.31. The van der Waals surface area contributed by atoms with Crippen molar-refractivity contribution in [2.24, 2.45) is 0 Å². The quantitative estimate of drug-likeness (QED) is 0.838. The number of carbonyl (C=O) groups excluding carboxylic acids is 2. The summed E-state index contributed by atoms with van der Waals surface area (Å²) in [5.41, 5.74) is -0.607. The molecule has 2 fully saturated rings. The van der Waals surface area contributed by atoms with Crippen molar-refractivity contribution >= 4 is 39.2 Å². The molecule has 1 aliphatic heterocycles. The monoisotopic (exact) mass is 342 g/mol. The van der Waals surface area contributed by atoms with E-state index in [1.54, 1.807) is 11.3 Å². The van der Waals surface area contributed by atoms with E-state index < -0.39 is 5.54 Å². The number of rotatable bonds is 2. The number of thiophene rings is 1. The summed E-state index contributed by atoms with van der Waals surface area (Å²) in [6, 6.07) is 1.72. The van der Waals surface area contributed by atoms with Crippen LogP contribution in [0.4, 0.5) is 4.79 Å². The molecule has 3 amide bonds. The Labute approximate surface area is 124 Å². The lowest BCUT2D eigenvalue weighted by Gasteiger charge is -2.30. The minimum Gasteiger partial charge on any atom is -0.323 e. The number of hydrogen-bond donors (Lipinski definition) is 1. The lowest BCUT2D eigenvalue weighted by molar-refractivity contribution is -0.132. The maximum Gasteiger partial charge on any atom is 0.325 e. The molecule has 0 radical (unpaired) electrons. The topological polar surface area (TPSA) is 49.4 Å². The molecule has 102 valence electrons. The zero-order valence-corrected chi connectivity index (χ0v) is 12.8. The van der Waals surface area contributed by atoms with Crippen molar-refractivity contribution in [2.75, 3.05) is 0 Å². The first-order valence-electron chi connectivity index (χ1n) is 6.48. The first-order valence-corrected chi connectivity index (χ1v) is 8.15. The second-order valence-electron chi connectivity index (χ2n) is 5.20. The number of halogens is 1. The van der Waals surface area contributed by atoms with Gasteiger partial charge in [0.2, 0.25) is 0 Å². The Morgan fingerprint density at radius 3 is 2.68 bits per heavy atom. The van der Waals surface area contributed by atoms with Gasteiger partial charge in [0, 0.05) is 14.7 Å². The highest BCUT2D eigenvalue weighted by Gasteiger charge is 2.51. The summed E-state index contributed by atoms with van der Waals surface area (Å²) in [6.07, 6.45) is 4.75. The summed E-state index contributed by atoms with van der Waals surface area (Å²) >= 11 is 4.94. The Morgan fingerprint density at radius 2 is 2.05 bits per heavy atom. The van der Waals surface area contributed by atoms with Crippen LogP contribution in [0.2, 0.25) is 0 Å². The van der Waals surface area contributed by atoms with Gasteiger partial charge in [-0.05, 0) is 34.8 Å². The molecule has 0 aromatic carbocycles. The molecule has 3 rings (SSSR count). The third-order valence-corrected chi connectivity index (χ3v) is 5.57. The molecule has 1 aliphatic carbocycles. The second-order valence-corrected chi connectivity index (χ2v) is 7.11. The molecule has 6 heteroatoms. The Hall–Kier alpha value is -0.880. The first-order chi connectivity index (χ1) is 9.11. The second kappa shape index (κ2) is 4.90. The third-order valence-electron chi connectivity index (χ3n) is 3.89. The van der Waals surface area contributed by atoms with Gasteiger partial charge in [0.1, 0.15) is 5.54 Å². The average Bonchev–Trinajstić information content (AvgIpc) is 2.89. The van der Waals surface area contributed by atoms with Crippen LogP contribution in [-0.4, -0.2) is 22.4 Å². The molecule has 1 spiro atoms. The lowest BCUT2D eigenvalue weighted by Crippen LogP contribution is -2.48. The van der Waals surface area contributed by atoms with Gasteiger partial charge in [-0.2, -0.15) is 0 Å². The van der Waals surface area contributed by atoms with E-state index in [9.17, 15) is 9.59 Å². The van der Waals surface area contributed by atoms with Crippen LogP contribution >= 0.6 is 27.3 Å². The number of hydrogen-bond acceptors (Lipinski definition) is 3. The molecule has 1 saturated heterocycles. The molecule has 1 N–H and O–H groups in total. The number of urea groups is 1. The van der Waals surface area contributed by atoms with Crippen LogP contribution in [0.3, 0.4) is 0 Å². The van der Waals surface area contributed by atoms with Crippen LogP contribution in [0.25, 0.3) is 0 Å². The fraction of sp³-hybridized carbons (Fsp3) is 0.538. The average molecular weight is 343 g/mol. The Morgan fingerprint density at radius 1 is 1.32 bits per heavy atom. The molecule has 1 saturated carbocycles.